The lowest BCUT2D eigenvalue weighted by molar-refractivity contribution is -0.117. The van der Waals surface area contributed by atoms with Crippen molar-refractivity contribution >= 4 is 17.7 Å². The van der Waals surface area contributed by atoms with Crippen LogP contribution >= 0.6 is 0 Å². The van der Waals surface area contributed by atoms with Gasteiger partial charge in [0.15, 0.2) is 0 Å². The number of esters is 1. The SMILES string of the molecule is COC(=O)c1ccnc(N2CC(O)CC2=O)c1. The molecule has 1 aliphatic heterocycles. The number of nitrogens with zero attached hydrogens (tertiary/aromatic N) is 2. The van der Waals surface area contributed by atoms with Crippen LogP contribution in [0.2, 0.25) is 0 Å². The van der Waals surface area contributed by atoms with Crippen molar-refractivity contribution in [3.63, 3.8) is 0 Å². The number of hydrogen-bond acceptors (Lipinski definition) is 5. The lowest BCUT2D eigenvalue weighted by atomic mass is 10.2. The fraction of sp³-hybridized carbons (Fsp3) is 0.364. The van der Waals surface area contributed by atoms with Crippen molar-refractivity contribution in [3.05, 3.63) is 23.9 Å². The third-order valence-electron chi connectivity index (χ3n) is 2.55. The molecule has 1 aromatic rings. The molecule has 0 bridgehead atoms. The standard InChI is InChI=1S/C11H12N2O4/c1-17-11(16)7-2-3-12-9(4-7)13-6-8(14)5-10(13)15/h2-4,8,14H,5-6H2,1H3. The Labute approximate surface area is 97.8 Å². The van der Waals surface area contributed by atoms with E-state index < -0.39 is 12.1 Å². The van der Waals surface area contributed by atoms with Crippen LogP contribution in [-0.2, 0) is 9.53 Å². The Morgan fingerprint density at radius 3 is 3.00 bits per heavy atom. The molecule has 1 aliphatic rings. The van der Waals surface area contributed by atoms with Crippen molar-refractivity contribution in [1.29, 1.82) is 0 Å². The van der Waals surface area contributed by atoms with Crippen molar-refractivity contribution in [2.75, 3.05) is 18.6 Å². The summed E-state index contributed by atoms with van der Waals surface area (Å²) in [5, 5.41) is 9.37. The third-order valence-corrected chi connectivity index (χ3v) is 2.55. The van der Waals surface area contributed by atoms with E-state index in [1.54, 1.807) is 0 Å². The molecular formula is C11H12N2O4. The van der Waals surface area contributed by atoms with Crippen molar-refractivity contribution in [2.45, 2.75) is 12.5 Å². The number of rotatable bonds is 2. The van der Waals surface area contributed by atoms with Gasteiger partial charge in [-0.2, -0.15) is 0 Å². The number of hydrogen-bond donors (Lipinski definition) is 1. The summed E-state index contributed by atoms with van der Waals surface area (Å²) in [4.78, 5) is 28.2. The summed E-state index contributed by atoms with van der Waals surface area (Å²) in [6.45, 7) is 0.205. The maximum atomic E-state index is 11.5. The Bertz CT molecular complexity index is 461. The van der Waals surface area contributed by atoms with Crippen LogP contribution in [0.3, 0.4) is 0 Å². The van der Waals surface area contributed by atoms with E-state index >= 15 is 0 Å². The molecule has 1 saturated heterocycles. The normalized spacial score (nSPS) is 19.5. The van der Waals surface area contributed by atoms with E-state index in [0.29, 0.717) is 11.4 Å². The van der Waals surface area contributed by atoms with Crippen LogP contribution in [-0.4, -0.2) is 41.7 Å². The number of aromatic nitrogens is 1. The minimum Gasteiger partial charge on any atom is -0.465 e. The summed E-state index contributed by atoms with van der Waals surface area (Å²) in [5.74, 6) is -0.331. The molecule has 2 heterocycles. The van der Waals surface area contributed by atoms with E-state index in [4.69, 9.17) is 0 Å². The number of carbonyl (C=O) groups is 2. The predicted molar refractivity (Wildman–Crippen MR) is 58.6 cm³/mol. The second kappa shape index (κ2) is 4.50. The van der Waals surface area contributed by atoms with Gasteiger partial charge >= 0.3 is 5.97 Å². The number of pyridine rings is 1. The summed E-state index contributed by atoms with van der Waals surface area (Å²) < 4.78 is 4.58. The van der Waals surface area contributed by atoms with Crippen molar-refractivity contribution in [3.8, 4) is 0 Å². The van der Waals surface area contributed by atoms with Gasteiger partial charge in [-0.1, -0.05) is 0 Å². The zero-order chi connectivity index (χ0) is 12.4. The number of ether oxygens (including phenoxy) is 1. The van der Waals surface area contributed by atoms with E-state index in [0.717, 1.165) is 0 Å². The van der Waals surface area contributed by atoms with Gasteiger partial charge in [0.05, 0.1) is 31.7 Å². The summed E-state index contributed by atoms with van der Waals surface area (Å²) in [7, 11) is 1.28. The molecule has 17 heavy (non-hydrogen) atoms. The lowest BCUT2D eigenvalue weighted by Gasteiger charge is -2.14. The molecule has 6 nitrogen and oxygen atoms in total. The summed E-state index contributed by atoms with van der Waals surface area (Å²) >= 11 is 0. The molecule has 0 aliphatic carbocycles. The van der Waals surface area contributed by atoms with Gasteiger partial charge in [0.1, 0.15) is 5.82 Å². The van der Waals surface area contributed by atoms with Crippen molar-refractivity contribution in [2.24, 2.45) is 0 Å². The zero-order valence-electron chi connectivity index (χ0n) is 9.29. The average molecular weight is 236 g/mol. The van der Waals surface area contributed by atoms with Gasteiger partial charge in [0, 0.05) is 6.20 Å². The quantitative estimate of drug-likeness (QED) is 0.729. The Balaban J connectivity index is 2.27. The molecule has 1 aromatic heterocycles. The lowest BCUT2D eigenvalue weighted by Crippen LogP contribution is -2.26. The molecule has 1 unspecified atom stereocenters. The fourth-order valence-corrected chi connectivity index (χ4v) is 1.72. The molecular weight excluding hydrogens is 224 g/mol. The van der Waals surface area contributed by atoms with Gasteiger partial charge in [-0.05, 0) is 12.1 Å². The van der Waals surface area contributed by atoms with Crippen LogP contribution < -0.4 is 4.90 Å². The minimum absolute atomic E-state index is 0.0874. The molecule has 0 aromatic carbocycles. The van der Waals surface area contributed by atoms with Gasteiger partial charge in [-0.15, -0.1) is 0 Å². The fourth-order valence-electron chi connectivity index (χ4n) is 1.72. The molecule has 1 fully saturated rings. The van der Waals surface area contributed by atoms with E-state index in [9.17, 15) is 14.7 Å². The molecule has 0 spiro atoms. The van der Waals surface area contributed by atoms with Crippen LogP contribution in [0.5, 0.6) is 0 Å². The van der Waals surface area contributed by atoms with Gasteiger partial charge in [-0.25, -0.2) is 9.78 Å². The number of anilines is 1. The first-order chi connectivity index (χ1) is 8.11. The van der Waals surface area contributed by atoms with Gasteiger partial charge in [0.25, 0.3) is 0 Å². The van der Waals surface area contributed by atoms with Gasteiger partial charge in [-0.3, -0.25) is 9.69 Å². The average Bonchev–Trinajstić information content (AvgIpc) is 2.67. The Kier molecular flexibility index (Phi) is 3.06. The van der Waals surface area contributed by atoms with Crippen LogP contribution in [0.25, 0.3) is 0 Å². The Hall–Kier alpha value is -1.95. The molecule has 2 rings (SSSR count). The molecule has 1 atom stereocenters. The summed E-state index contributed by atoms with van der Waals surface area (Å²) in [6, 6.07) is 2.98. The smallest absolute Gasteiger partial charge is 0.338 e. The number of aliphatic hydroxyl groups excluding tert-OH is 1. The first-order valence-electron chi connectivity index (χ1n) is 5.14. The topological polar surface area (TPSA) is 79.7 Å². The van der Waals surface area contributed by atoms with E-state index in [2.05, 4.69) is 9.72 Å². The van der Waals surface area contributed by atoms with Crippen LogP contribution in [0.1, 0.15) is 16.8 Å². The number of aliphatic hydroxyl groups is 1. The van der Waals surface area contributed by atoms with E-state index in [1.165, 1.54) is 30.3 Å². The van der Waals surface area contributed by atoms with Crippen molar-refractivity contribution in [1.82, 2.24) is 4.98 Å². The van der Waals surface area contributed by atoms with Crippen LogP contribution in [0, 0.1) is 0 Å². The highest BCUT2D eigenvalue weighted by Crippen LogP contribution is 2.20. The van der Waals surface area contributed by atoms with Crippen LogP contribution in [0.4, 0.5) is 5.82 Å². The molecule has 1 N–H and O–H groups in total. The minimum atomic E-state index is -0.675. The zero-order valence-corrected chi connectivity index (χ0v) is 9.29. The van der Waals surface area contributed by atoms with E-state index in [-0.39, 0.29) is 18.9 Å². The van der Waals surface area contributed by atoms with Gasteiger partial charge < -0.3 is 9.84 Å². The highest BCUT2D eigenvalue weighted by atomic mass is 16.5. The van der Waals surface area contributed by atoms with E-state index in [1.807, 2.05) is 0 Å². The second-order valence-electron chi connectivity index (χ2n) is 3.76. The molecule has 0 radical (unpaired) electrons. The monoisotopic (exact) mass is 236 g/mol. The second-order valence-corrected chi connectivity index (χ2v) is 3.76. The summed E-state index contributed by atoms with van der Waals surface area (Å²) in [6.07, 6.45) is 0.843. The Morgan fingerprint density at radius 1 is 1.65 bits per heavy atom. The third kappa shape index (κ3) is 2.26. The molecule has 0 saturated carbocycles. The highest BCUT2D eigenvalue weighted by molar-refractivity contribution is 5.97. The van der Waals surface area contributed by atoms with Crippen LogP contribution in [0.15, 0.2) is 18.3 Å². The number of carbonyl (C=O) groups excluding carboxylic acids is 2. The number of β-amino-alcohol motifs (C(OH)–C–C–N with tert-alkyl or cyclic N) is 1. The number of methoxy groups -OCH3 is 1. The molecule has 6 heteroatoms. The Morgan fingerprint density at radius 2 is 2.41 bits per heavy atom. The predicted octanol–water partition coefficient (Wildman–Crippen LogP) is -0.0342. The maximum absolute atomic E-state index is 11.5. The maximum Gasteiger partial charge on any atom is 0.338 e. The largest absolute Gasteiger partial charge is 0.465 e. The van der Waals surface area contributed by atoms with Crippen molar-refractivity contribution < 1.29 is 19.4 Å². The van der Waals surface area contributed by atoms with Gasteiger partial charge in [0.2, 0.25) is 5.91 Å². The molecule has 1 amide bonds. The summed E-state index contributed by atoms with van der Waals surface area (Å²) in [5.41, 5.74) is 0.326. The number of amides is 1. The highest BCUT2D eigenvalue weighted by Gasteiger charge is 2.30. The first kappa shape index (κ1) is 11.5. The molecule has 90 valence electrons. The first-order valence-corrected chi connectivity index (χ1v) is 5.14.